The van der Waals surface area contributed by atoms with Crippen molar-refractivity contribution in [2.45, 2.75) is 12.1 Å². The number of rotatable bonds is 5. The fourth-order valence-electron chi connectivity index (χ4n) is 1.97. The number of hydrogen-bond donors (Lipinski definition) is 1. The molecule has 3 aromatic rings. The quantitative estimate of drug-likeness (QED) is 0.723. The number of pyridine rings is 1. The number of amides is 1. The first kappa shape index (κ1) is 15.2. The number of aromatic nitrogens is 5. The molecule has 2 aromatic heterocycles. The molecule has 0 aliphatic rings. The lowest BCUT2D eigenvalue weighted by molar-refractivity contribution is -0.113. The van der Waals surface area contributed by atoms with Crippen LogP contribution >= 0.6 is 11.8 Å². The van der Waals surface area contributed by atoms with E-state index in [-0.39, 0.29) is 11.7 Å². The molecule has 0 aliphatic heterocycles. The van der Waals surface area contributed by atoms with E-state index in [1.54, 1.807) is 23.0 Å². The van der Waals surface area contributed by atoms with Crippen molar-refractivity contribution in [1.29, 1.82) is 0 Å². The van der Waals surface area contributed by atoms with Gasteiger partial charge in [-0.25, -0.2) is 4.98 Å². The average Bonchev–Trinajstić information content (AvgIpc) is 3.03. The Hall–Kier alpha value is -2.74. The van der Waals surface area contributed by atoms with Gasteiger partial charge in [0.05, 0.1) is 11.4 Å². The van der Waals surface area contributed by atoms with Gasteiger partial charge in [0.1, 0.15) is 5.82 Å². The Morgan fingerprint density at radius 1 is 1.22 bits per heavy atom. The summed E-state index contributed by atoms with van der Waals surface area (Å²) in [4.78, 5) is 16.0. The third-order valence-corrected chi connectivity index (χ3v) is 3.97. The number of tetrazole rings is 1. The van der Waals surface area contributed by atoms with Crippen LogP contribution in [0.3, 0.4) is 0 Å². The number of aryl methyl sites for hydroxylation is 1. The SMILES string of the molecule is Cc1ccccc1-n1nnnc1SCC(=O)Nc1ccccn1. The van der Waals surface area contributed by atoms with Crippen molar-refractivity contribution in [3.05, 3.63) is 54.2 Å². The van der Waals surface area contributed by atoms with E-state index in [1.807, 2.05) is 37.3 Å². The van der Waals surface area contributed by atoms with Crippen molar-refractivity contribution >= 4 is 23.5 Å². The molecule has 0 saturated carbocycles. The van der Waals surface area contributed by atoms with E-state index < -0.39 is 0 Å². The largest absolute Gasteiger partial charge is 0.310 e. The van der Waals surface area contributed by atoms with Gasteiger partial charge in [0.25, 0.3) is 0 Å². The molecule has 0 atom stereocenters. The van der Waals surface area contributed by atoms with E-state index >= 15 is 0 Å². The molecule has 0 bridgehead atoms. The zero-order chi connectivity index (χ0) is 16.1. The van der Waals surface area contributed by atoms with Crippen LogP contribution in [0, 0.1) is 6.92 Å². The summed E-state index contributed by atoms with van der Waals surface area (Å²) in [6.45, 7) is 1.99. The smallest absolute Gasteiger partial charge is 0.236 e. The summed E-state index contributed by atoms with van der Waals surface area (Å²) in [7, 11) is 0. The van der Waals surface area contributed by atoms with Crippen LogP contribution in [-0.2, 0) is 4.79 Å². The van der Waals surface area contributed by atoms with Crippen LogP contribution in [0.25, 0.3) is 5.69 Å². The van der Waals surface area contributed by atoms with Crippen LogP contribution in [0.5, 0.6) is 0 Å². The van der Waals surface area contributed by atoms with Gasteiger partial charge < -0.3 is 5.32 Å². The number of nitrogens with one attached hydrogen (secondary N) is 1. The molecule has 3 rings (SSSR count). The fraction of sp³-hybridized carbons (Fsp3) is 0.133. The topological polar surface area (TPSA) is 85.6 Å². The first-order valence-corrected chi connectivity index (χ1v) is 7.90. The van der Waals surface area contributed by atoms with Gasteiger partial charge in [-0.15, -0.1) is 5.10 Å². The van der Waals surface area contributed by atoms with Crippen molar-refractivity contribution in [3.8, 4) is 5.69 Å². The van der Waals surface area contributed by atoms with E-state index in [4.69, 9.17) is 0 Å². The van der Waals surface area contributed by atoms with Crippen molar-refractivity contribution < 1.29 is 4.79 Å². The van der Waals surface area contributed by atoms with Gasteiger partial charge >= 0.3 is 0 Å². The monoisotopic (exact) mass is 326 g/mol. The summed E-state index contributed by atoms with van der Waals surface area (Å²) in [5.41, 5.74) is 1.95. The zero-order valence-electron chi connectivity index (χ0n) is 12.4. The molecule has 0 spiro atoms. The molecule has 23 heavy (non-hydrogen) atoms. The zero-order valence-corrected chi connectivity index (χ0v) is 13.2. The van der Waals surface area contributed by atoms with Gasteiger partial charge in [-0.3, -0.25) is 4.79 Å². The Labute approximate surface area is 137 Å². The van der Waals surface area contributed by atoms with Gasteiger partial charge in [0, 0.05) is 6.20 Å². The highest BCUT2D eigenvalue weighted by atomic mass is 32.2. The van der Waals surface area contributed by atoms with Crippen LogP contribution in [0.2, 0.25) is 0 Å². The summed E-state index contributed by atoms with van der Waals surface area (Å²) in [5.74, 6) is 0.563. The number of benzene rings is 1. The molecule has 0 saturated heterocycles. The minimum absolute atomic E-state index is 0.159. The number of carbonyl (C=O) groups is 1. The van der Waals surface area contributed by atoms with Crippen molar-refractivity contribution in [3.63, 3.8) is 0 Å². The van der Waals surface area contributed by atoms with Crippen LogP contribution in [-0.4, -0.2) is 36.9 Å². The molecule has 1 aromatic carbocycles. The predicted octanol–water partition coefficient (Wildman–Crippen LogP) is 2.10. The number of para-hydroxylation sites is 1. The number of thioether (sulfide) groups is 1. The van der Waals surface area contributed by atoms with Crippen LogP contribution in [0.4, 0.5) is 5.82 Å². The molecule has 1 N–H and O–H groups in total. The molecule has 1 amide bonds. The second-order valence-corrected chi connectivity index (χ2v) is 5.65. The predicted molar refractivity (Wildman–Crippen MR) is 87.5 cm³/mol. The third kappa shape index (κ3) is 3.72. The Bertz CT molecular complexity index is 804. The lowest BCUT2D eigenvalue weighted by Crippen LogP contribution is -2.15. The summed E-state index contributed by atoms with van der Waals surface area (Å²) in [5, 5.41) is 15.0. The molecule has 0 radical (unpaired) electrons. The van der Waals surface area contributed by atoms with Crippen LogP contribution in [0.15, 0.2) is 53.8 Å². The first-order chi connectivity index (χ1) is 11.2. The van der Waals surface area contributed by atoms with Gasteiger partial charge in [0.15, 0.2) is 0 Å². The van der Waals surface area contributed by atoms with E-state index in [2.05, 4.69) is 25.8 Å². The van der Waals surface area contributed by atoms with Gasteiger partial charge in [0.2, 0.25) is 11.1 Å². The van der Waals surface area contributed by atoms with Crippen LogP contribution in [0.1, 0.15) is 5.56 Å². The number of nitrogens with zero attached hydrogens (tertiary/aromatic N) is 5. The molecule has 8 heteroatoms. The Kier molecular flexibility index (Phi) is 4.62. The Balaban J connectivity index is 1.67. The molecule has 116 valence electrons. The molecule has 0 aliphatic carbocycles. The van der Waals surface area contributed by atoms with Crippen molar-refractivity contribution in [2.24, 2.45) is 0 Å². The van der Waals surface area contributed by atoms with Crippen LogP contribution < -0.4 is 5.32 Å². The minimum Gasteiger partial charge on any atom is -0.310 e. The second-order valence-electron chi connectivity index (χ2n) is 4.71. The van der Waals surface area contributed by atoms with Gasteiger partial charge in [-0.2, -0.15) is 4.68 Å². The summed E-state index contributed by atoms with van der Waals surface area (Å²) < 4.78 is 1.63. The standard InChI is InChI=1S/C15H14N6OS/c1-11-6-2-3-7-12(11)21-15(18-19-20-21)23-10-14(22)17-13-8-4-5-9-16-13/h2-9H,10H2,1H3,(H,16,17,22). The number of anilines is 1. The minimum atomic E-state index is -0.159. The number of carbonyl (C=O) groups excluding carboxylic acids is 1. The molecule has 0 unspecified atom stereocenters. The maximum atomic E-state index is 12.0. The highest BCUT2D eigenvalue weighted by Gasteiger charge is 2.13. The van der Waals surface area contributed by atoms with Crippen molar-refractivity contribution in [2.75, 3.05) is 11.1 Å². The van der Waals surface area contributed by atoms with Crippen molar-refractivity contribution in [1.82, 2.24) is 25.2 Å². The summed E-state index contributed by atoms with van der Waals surface area (Å²) in [6.07, 6.45) is 1.63. The third-order valence-electron chi connectivity index (χ3n) is 3.05. The second kappa shape index (κ2) is 7.01. The highest BCUT2D eigenvalue weighted by Crippen LogP contribution is 2.20. The molecular formula is C15H14N6OS. The lowest BCUT2D eigenvalue weighted by atomic mass is 10.2. The van der Waals surface area contributed by atoms with E-state index in [0.29, 0.717) is 11.0 Å². The molecule has 0 fully saturated rings. The molecule has 7 nitrogen and oxygen atoms in total. The molecule has 2 heterocycles. The maximum absolute atomic E-state index is 12.0. The number of hydrogen-bond acceptors (Lipinski definition) is 6. The summed E-state index contributed by atoms with van der Waals surface area (Å²) in [6, 6.07) is 13.1. The van der Waals surface area contributed by atoms with Gasteiger partial charge in [-0.05, 0) is 41.1 Å². The van der Waals surface area contributed by atoms with E-state index in [1.165, 1.54) is 11.8 Å². The maximum Gasteiger partial charge on any atom is 0.236 e. The van der Waals surface area contributed by atoms with E-state index in [0.717, 1.165) is 11.3 Å². The highest BCUT2D eigenvalue weighted by molar-refractivity contribution is 7.99. The summed E-state index contributed by atoms with van der Waals surface area (Å²) >= 11 is 1.27. The Morgan fingerprint density at radius 3 is 2.83 bits per heavy atom. The normalized spacial score (nSPS) is 10.5. The first-order valence-electron chi connectivity index (χ1n) is 6.92. The Morgan fingerprint density at radius 2 is 2.04 bits per heavy atom. The fourth-order valence-corrected chi connectivity index (χ4v) is 2.65. The van der Waals surface area contributed by atoms with E-state index in [9.17, 15) is 4.79 Å². The lowest BCUT2D eigenvalue weighted by Gasteiger charge is -2.07. The van der Waals surface area contributed by atoms with Gasteiger partial charge in [-0.1, -0.05) is 36.0 Å². The molecular weight excluding hydrogens is 312 g/mol. The average molecular weight is 326 g/mol.